The van der Waals surface area contributed by atoms with Crippen LogP contribution in [0.2, 0.25) is 0 Å². The van der Waals surface area contributed by atoms with Crippen molar-refractivity contribution in [3.05, 3.63) is 24.3 Å². The van der Waals surface area contributed by atoms with E-state index in [4.69, 9.17) is 9.47 Å². The van der Waals surface area contributed by atoms with Crippen LogP contribution in [0.25, 0.3) is 0 Å². The average Bonchev–Trinajstić information content (AvgIpc) is 2.35. The second kappa shape index (κ2) is 9.26. The number of benzene rings is 1. The largest absolute Gasteiger partial charge is 0.494 e. The zero-order valence-corrected chi connectivity index (χ0v) is 12.9. The van der Waals surface area contributed by atoms with Crippen molar-refractivity contribution in [3.63, 3.8) is 0 Å². The van der Waals surface area contributed by atoms with E-state index >= 15 is 0 Å². The van der Waals surface area contributed by atoms with Gasteiger partial charge in [-0.05, 0) is 51.0 Å². The second-order valence-electron chi connectivity index (χ2n) is 4.59. The molecule has 0 atom stereocenters. The summed E-state index contributed by atoms with van der Waals surface area (Å²) in [6.45, 7) is 4.85. The van der Waals surface area contributed by atoms with Gasteiger partial charge in [-0.3, -0.25) is 0 Å². The number of hydrogen-bond acceptors (Lipinski definition) is 2. The molecule has 0 saturated carbocycles. The Hall–Kier alpha value is -0.700. The SMILES string of the molecule is CC(C)Oc1ccc(OCCCCCCBr)cc1. The molecule has 0 fully saturated rings. The molecule has 0 aliphatic carbocycles. The molecule has 0 aliphatic rings. The molecular formula is C15H23BrO2. The number of rotatable bonds is 9. The fourth-order valence-corrected chi connectivity index (χ4v) is 2.02. The van der Waals surface area contributed by atoms with Gasteiger partial charge in [0, 0.05) is 5.33 Å². The standard InChI is InChI=1S/C15H23BrO2/c1-13(2)18-15-9-7-14(8-10-15)17-12-6-4-3-5-11-16/h7-10,13H,3-6,11-12H2,1-2H3. The van der Waals surface area contributed by atoms with Crippen molar-refractivity contribution in [1.29, 1.82) is 0 Å². The summed E-state index contributed by atoms with van der Waals surface area (Å²) >= 11 is 3.44. The van der Waals surface area contributed by atoms with E-state index < -0.39 is 0 Å². The molecule has 18 heavy (non-hydrogen) atoms. The van der Waals surface area contributed by atoms with Crippen LogP contribution in [0.1, 0.15) is 39.5 Å². The molecule has 1 aromatic rings. The quantitative estimate of drug-likeness (QED) is 0.481. The predicted octanol–water partition coefficient (Wildman–Crippen LogP) is 4.81. The summed E-state index contributed by atoms with van der Waals surface area (Å²) in [6.07, 6.45) is 5.10. The minimum atomic E-state index is 0.214. The monoisotopic (exact) mass is 314 g/mol. The van der Waals surface area contributed by atoms with Crippen LogP contribution in [-0.4, -0.2) is 18.0 Å². The zero-order chi connectivity index (χ0) is 13.2. The molecule has 3 heteroatoms. The Morgan fingerprint density at radius 1 is 0.944 bits per heavy atom. The number of hydrogen-bond donors (Lipinski definition) is 0. The lowest BCUT2D eigenvalue weighted by atomic mass is 10.2. The Morgan fingerprint density at radius 3 is 2.17 bits per heavy atom. The lowest BCUT2D eigenvalue weighted by molar-refractivity contribution is 0.241. The number of halogens is 1. The van der Waals surface area contributed by atoms with E-state index in [9.17, 15) is 0 Å². The fraction of sp³-hybridized carbons (Fsp3) is 0.600. The van der Waals surface area contributed by atoms with E-state index in [1.807, 2.05) is 38.1 Å². The highest BCUT2D eigenvalue weighted by Gasteiger charge is 1.98. The summed E-state index contributed by atoms with van der Waals surface area (Å²) in [5.41, 5.74) is 0. The molecule has 0 aromatic heterocycles. The van der Waals surface area contributed by atoms with Crippen LogP contribution in [0.3, 0.4) is 0 Å². The Kier molecular flexibility index (Phi) is 7.90. The molecule has 0 aliphatic heterocycles. The molecule has 0 bridgehead atoms. The van der Waals surface area contributed by atoms with Gasteiger partial charge in [-0.2, -0.15) is 0 Å². The van der Waals surface area contributed by atoms with Crippen molar-refractivity contribution in [2.45, 2.75) is 45.6 Å². The van der Waals surface area contributed by atoms with Crippen molar-refractivity contribution in [2.75, 3.05) is 11.9 Å². The Labute approximate surface area is 119 Å². The van der Waals surface area contributed by atoms with Crippen molar-refractivity contribution in [1.82, 2.24) is 0 Å². The van der Waals surface area contributed by atoms with Crippen LogP contribution >= 0.6 is 15.9 Å². The molecule has 1 aromatic carbocycles. The molecule has 0 saturated heterocycles. The van der Waals surface area contributed by atoms with Gasteiger partial charge in [0.15, 0.2) is 0 Å². The van der Waals surface area contributed by atoms with Crippen LogP contribution in [-0.2, 0) is 0 Å². The van der Waals surface area contributed by atoms with E-state index in [0.717, 1.165) is 29.9 Å². The Balaban J connectivity index is 2.18. The minimum absolute atomic E-state index is 0.214. The van der Waals surface area contributed by atoms with Crippen LogP contribution in [0.5, 0.6) is 11.5 Å². The molecule has 0 N–H and O–H groups in total. The third-order valence-corrected chi connectivity index (χ3v) is 3.05. The first-order chi connectivity index (χ1) is 8.72. The van der Waals surface area contributed by atoms with Gasteiger partial charge >= 0.3 is 0 Å². The molecule has 0 amide bonds. The van der Waals surface area contributed by atoms with Gasteiger partial charge in [0.1, 0.15) is 11.5 Å². The van der Waals surface area contributed by atoms with Gasteiger partial charge in [-0.25, -0.2) is 0 Å². The van der Waals surface area contributed by atoms with Gasteiger partial charge in [0.25, 0.3) is 0 Å². The third kappa shape index (κ3) is 6.90. The summed E-state index contributed by atoms with van der Waals surface area (Å²) in [6, 6.07) is 7.85. The first-order valence-corrected chi connectivity index (χ1v) is 7.80. The van der Waals surface area contributed by atoms with E-state index in [1.165, 1.54) is 19.3 Å². The highest BCUT2D eigenvalue weighted by molar-refractivity contribution is 9.09. The summed E-state index contributed by atoms with van der Waals surface area (Å²) in [5, 5.41) is 1.10. The highest BCUT2D eigenvalue weighted by Crippen LogP contribution is 2.18. The van der Waals surface area contributed by atoms with E-state index in [1.54, 1.807) is 0 Å². The van der Waals surface area contributed by atoms with Gasteiger partial charge in [-0.1, -0.05) is 28.8 Å². The number of ether oxygens (including phenoxy) is 2. The molecule has 2 nitrogen and oxygen atoms in total. The maximum Gasteiger partial charge on any atom is 0.119 e. The lowest BCUT2D eigenvalue weighted by Gasteiger charge is -2.10. The first kappa shape index (κ1) is 15.4. The molecule has 1 rings (SSSR count). The fourth-order valence-electron chi connectivity index (χ4n) is 1.63. The van der Waals surface area contributed by atoms with Crippen LogP contribution in [0.15, 0.2) is 24.3 Å². The maximum atomic E-state index is 5.68. The van der Waals surface area contributed by atoms with Crippen molar-refractivity contribution in [2.24, 2.45) is 0 Å². The lowest BCUT2D eigenvalue weighted by Crippen LogP contribution is -2.05. The van der Waals surface area contributed by atoms with Crippen LogP contribution in [0.4, 0.5) is 0 Å². The van der Waals surface area contributed by atoms with Gasteiger partial charge in [0.05, 0.1) is 12.7 Å². The Bertz CT molecular complexity index is 309. The highest BCUT2D eigenvalue weighted by atomic mass is 79.9. The maximum absolute atomic E-state index is 5.68. The zero-order valence-electron chi connectivity index (χ0n) is 11.3. The van der Waals surface area contributed by atoms with Gasteiger partial charge in [0.2, 0.25) is 0 Å². The second-order valence-corrected chi connectivity index (χ2v) is 5.38. The molecule has 0 heterocycles. The molecule has 0 spiro atoms. The molecule has 102 valence electrons. The van der Waals surface area contributed by atoms with Crippen molar-refractivity contribution < 1.29 is 9.47 Å². The van der Waals surface area contributed by atoms with Crippen LogP contribution < -0.4 is 9.47 Å². The number of unbranched alkanes of at least 4 members (excludes halogenated alkanes) is 3. The van der Waals surface area contributed by atoms with Crippen molar-refractivity contribution >= 4 is 15.9 Å². The van der Waals surface area contributed by atoms with E-state index in [-0.39, 0.29) is 6.10 Å². The van der Waals surface area contributed by atoms with E-state index in [2.05, 4.69) is 15.9 Å². The van der Waals surface area contributed by atoms with Gasteiger partial charge < -0.3 is 9.47 Å². The summed E-state index contributed by atoms with van der Waals surface area (Å²) in [4.78, 5) is 0. The smallest absolute Gasteiger partial charge is 0.119 e. The summed E-state index contributed by atoms with van der Waals surface area (Å²) in [5.74, 6) is 1.82. The van der Waals surface area contributed by atoms with Crippen LogP contribution in [0, 0.1) is 0 Å². The predicted molar refractivity (Wildman–Crippen MR) is 80.0 cm³/mol. The van der Waals surface area contributed by atoms with Gasteiger partial charge in [-0.15, -0.1) is 0 Å². The molecule has 0 unspecified atom stereocenters. The minimum Gasteiger partial charge on any atom is -0.494 e. The van der Waals surface area contributed by atoms with E-state index in [0.29, 0.717) is 0 Å². The molecule has 0 radical (unpaired) electrons. The Morgan fingerprint density at radius 2 is 1.56 bits per heavy atom. The normalized spacial score (nSPS) is 10.7. The molecular weight excluding hydrogens is 292 g/mol. The van der Waals surface area contributed by atoms with Crippen molar-refractivity contribution in [3.8, 4) is 11.5 Å². The summed E-state index contributed by atoms with van der Waals surface area (Å²) in [7, 11) is 0. The first-order valence-electron chi connectivity index (χ1n) is 6.68. The average molecular weight is 315 g/mol. The summed E-state index contributed by atoms with van der Waals surface area (Å²) < 4.78 is 11.3. The topological polar surface area (TPSA) is 18.5 Å². The number of alkyl halides is 1. The third-order valence-electron chi connectivity index (χ3n) is 2.49.